The number of aryl methyl sites for hydroxylation is 2. The van der Waals surface area contributed by atoms with Crippen LogP contribution in [0.15, 0.2) is 67.0 Å². The topological polar surface area (TPSA) is 47.4 Å². The Balaban J connectivity index is 0.00000272. The molecule has 0 fully saturated rings. The molecule has 0 radical (unpaired) electrons. The Bertz CT molecular complexity index is 1210. The van der Waals surface area contributed by atoms with E-state index in [4.69, 9.17) is 4.74 Å². The zero-order valence-electron chi connectivity index (χ0n) is 17.5. The summed E-state index contributed by atoms with van der Waals surface area (Å²) in [6.45, 7) is 4.29. The number of rotatable bonds is 4. The number of carbonyl (C=O) groups is 1. The van der Waals surface area contributed by atoms with E-state index in [1.165, 1.54) is 17.0 Å². The molecule has 5 nitrogen and oxygen atoms in total. The fourth-order valence-corrected chi connectivity index (χ4v) is 3.55. The molecule has 1 amide bonds. The number of para-hydroxylation sites is 1. The molecule has 0 atom stereocenters. The molecule has 7 heteroatoms. The molecule has 4 aromatic rings. The Labute approximate surface area is 186 Å². The number of halogens is 2. The van der Waals surface area contributed by atoms with E-state index < -0.39 is 6.09 Å². The molecule has 0 saturated heterocycles. The van der Waals surface area contributed by atoms with E-state index in [9.17, 15) is 9.18 Å². The van der Waals surface area contributed by atoms with Gasteiger partial charge >= 0.3 is 6.09 Å². The van der Waals surface area contributed by atoms with Gasteiger partial charge in [0.25, 0.3) is 0 Å². The van der Waals surface area contributed by atoms with Crippen molar-refractivity contribution in [3.05, 3.63) is 89.6 Å². The molecule has 160 valence electrons. The largest absolute Gasteiger partial charge is 0.420 e. The van der Waals surface area contributed by atoms with Crippen LogP contribution in [0.4, 0.5) is 14.9 Å². The lowest BCUT2D eigenvalue weighted by Gasteiger charge is -2.23. The van der Waals surface area contributed by atoms with Crippen molar-refractivity contribution in [2.45, 2.75) is 20.4 Å². The molecule has 2 aromatic carbocycles. The van der Waals surface area contributed by atoms with Crippen LogP contribution >= 0.6 is 12.4 Å². The van der Waals surface area contributed by atoms with Crippen molar-refractivity contribution in [1.29, 1.82) is 0 Å². The second-order valence-corrected chi connectivity index (χ2v) is 7.22. The van der Waals surface area contributed by atoms with E-state index in [1.54, 1.807) is 48.8 Å². The number of pyridine rings is 1. The minimum Gasteiger partial charge on any atom is -0.410 e. The number of fused-ring (bicyclic) bond motifs is 1. The first kappa shape index (κ1) is 22.3. The number of carbonyl (C=O) groups excluding carboxylic acids is 1. The molecule has 0 aliphatic heterocycles. The summed E-state index contributed by atoms with van der Waals surface area (Å²) in [4.78, 5) is 19.1. The zero-order chi connectivity index (χ0) is 21.3. The third kappa shape index (κ3) is 4.39. The number of anilines is 1. The van der Waals surface area contributed by atoms with E-state index in [0.717, 1.165) is 27.7 Å². The number of nitrogens with zero attached hydrogens (tertiary/aromatic N) is 3. The average Bonchev–Trinajstić information content (AvgIpc) is 2.98. The highest BCUT2D eigenvalue weighted by atomic mass is 35.5. The summed E-state index contributed by atoms with van der Waals surface area (Å²) in [7, 11) is 1.97. The number of amides is 1. The Morgan fingerprint density at radius 1 is 1.06 bits per heavy atom. The molecule has 0 spiro atoms. The van der Waals surface area contributed by atoms with Crippen LogP contribution < -0.4 is 9.64 Å². The maximum atomic E-state index is 13.4. The molecule has 4 rings (SSSR count). The smallest absolute Gasteiger partial charge is 0.410 e. The Morgan fingerprint density at radius 3 is 2.42 bits per heavy atom. The summed E-state index contributed by atoms with van der Waals surface area (Å²) in [6, 6.07) is 15.0. The number of aromatic nitrogens is 2. The number of hydrogen-bond donors (Lipinski definition) is 0. The van der Waals surface area contributed by atoms with Crippen molar-refractivity contribution in [3.8, 4) is 5.75 Å². The van der Waals surface area contributed by atoms with E-state index in [-0.39, 0.29) is 24.8 Å². The molecule has 0 aliphatic carbocycles. The van der Waals surface area contributed by atoms with E-state index in [2.05, 4.69) is 9.55 Å². The molecule has 2 heterocycles. The second kappa shape index (κ2) is 9.18. The van der Waals surface area contributed by atoms with Gasteiger partial charge in [-0.1, -0.05) is 30.3 Å². The number of benzene rings is 2. The normalized spacial score (nSPS) is 10.6. The fourth-order valence-electron chi connectivity index (χ4n) is 3.55. The number of ether oxygens (including phenoxy) is 1. The van der Waals surface area contributed by atoms with Gasteiger partial charge in [-0.05, 0) is 49.2 Å². The van der Waals surface area contributed by atoms with Crippen LogP contribution in [0.2, 0.25) is 0 Å². The molecule has 0 bridgehead atoms. The average molecular weight is 440 g/mol. The summed E-state index contributed by atoms with van der Waals surface area (Å²) in [5.41, 5.74) is 4.52. The van der Waals surface area contributed by atoms with Crippen LogP contribution in [-0.4, -0.2) is 15.6 Å². The monoisotopic (exact) mass is 439 g/mol. The van der Waals surface area contributed by atoms with Crippen LogP contribution in [0.25, 0.3) is 10.9 Å². The lowest BCUT2D eigenvalue weighted by Crippen LogP contribution is -2.33. The molecular weight excluding hydrogens is 417 g/mol. The summed E-state index contributed by atoms with van der Waals surface area (Å²) in [6.07, 6.45) is 2.94. The van der Waals surface area contributed by atoms with Crippen molar-refractivity contribution in [3.63, 3.8) is 0 Å². The zero-order valence-corrected chi connectivity index (χ0v) is 18.3. The van der Waals surface area contributed by atoms with Crippen LogP contribution in [0.5, 0.6) is 5.75 Å². The van der Waals surface area contributed by atoms with Gasteiger partial charge in [0.1, 0.15) is 11.6 Å². The summed E-state index contributed by atoms with van der Waals surface area (Å²) in [5, 5.41) is 0.976. The van der Waals surface area contributed by atoms with Crippen molar-refractivity contribution in [1.82, 2.24) is 9.55 Å². The minimum absolute atomic E-state index is 0. The van der Waals surface area contributed by atoms with E-state index in [0.29, 0.717) is 11.4 Å². The molecule has 31 heavy (non-hydrogen) atoms. The van der Waals surface area contributed by atoms with Gasteiger partial charge in [-0.15, -0.1) is 12.4 Å². The Kier molecular flexibility index (Phi) is 6.61. The molecule has 0 saturated carbocycles. The Morgan fingerprint density at radius 2 is 1.74 bits per heavy atom. The quantitative estimate of drug-likeness (QED) is 0.394. The standard InChI is InChI=1S/C24H22FN3O2.ClH/c1-16-17(2)27(3)23-21(16)13-26-14-22(23)28(15-18-9-11-19(25)12-10-18)24(29)30-20-7-5-4-6-8-20;/h4-14H,15H2,1-3H3;1H. The predicted octanol–water partition coefficient (Wildman–Crippen LogP) is 5.96. The van der Waals surface area contributed by atoms with Gasteiger partial charge in [-0.25, -0.2) is 9.18 Å². The van der Waals surface area contributed by atoms with Gasteiger partial charge < -0.3 is 9.30 Å². The Hall–Kier alpha value is -3.38. The van der Waals surface area contributed by atoms with Crippen LogP contribution in [0.1, 0.15) is 16.8 Å². The molecule has 2 aromatic heterocycles. The maximum absolute atomic E-state index is 13.4. The highest BCUT2D eigenvalue weighted by molar-refractivity contribution is 6.01. The van der Waals surface area contributed by atoms with Crippen molar-refractivity contribution < 1.29 is 13.9 Å². The first-order chi connectivity index (χ1) is 14.5. The number of hydrogen-bond acceptors (Lipinski definition) is 3. The van der Waals surface area contributed by atoms with Gasteiger partial charge in [0.15, 0.2) is 0 Å². The van der Waals surface area contributed by atoms with Crippen LogP contribution in [0, 0.1) is 19.7 Å². The van der Waals surface area contributed by atoms with Gasteiger partial charge in [0.2, 0.25) is 0 Å². The predicted molar refractivity (Wildman–Crippen MR) is 122 cm³/mol. The van der Waals surface area contributed by atoms with Gasteiger partial charge in [0, 0.05) is 24.3 Å². The highest BCUT2D eigenvalue weighted by Gasteiger charge is 2.24. The molecule has 0 unspecified atom stereocenters. The van der Waals surface area contributed by atoms with Gasteiger partial charge in [-0.2, -0.15) is 0 Å². The van der Waals surface area contributed by atoms with Crippen molar-refractivity contribution in [2.75, 3.05) is 4.90 Å². The van der Waals surface area contributed by atoms with Crippen LogP contribution in [0.3, 0.4) is 0 Å². The van der Waals surface area contributed by atoms with Crippen molar-refractivity contribution in [2.24, 2.45) is 7.05 Å². The minimum atomic E-state index is -0.531. The first-order valence-electron chi connectivity index (χ1n) is 9.64. The second-order valence-electron chi connectivity index (χ2n) is 7.22. The van der Waals surface area contributed by atoms with E-state index in [1.807, 2.05) is 27.0 Å². The van der Waals surface area contributed by atoms with Gasteiger partial charge in [-0.3, -0.25) is 9.88 Å². The maximum Gasteiger partial charge on any atom is 0.420 e. The SMILES string of the molecule is Cc1c(C)n(C)c2c(N(Cc3ccc(F)cc3)C(=O)Oc3ccccc3)cncc12.Cl. The molecule has 0 aliphatic rings. The van der Waals surface area contributed by atoms with Gasteiger partial charge in [0.05, 0.1) is 23.9 Å². The lowest BCUT2D eigenvalue weighted by atomic mass is 10.1. The van der Waals surface area contributed by atoms with E-state index >= 15 is 0 Å². The third-order valence-electron chi connectivity index (χ3n) is 5.40. The molecular formula is C24H23ClFN3O2. The summed E-state index contributed by atoms with van der Waals surface area (Å²) >= 11 is 0. The molecule has 0 N–H and O–H groups in total. The van der Waals surface area contributed by atoms with Crippen molar-refractivity contribution >= 4 is 35.1 Å². The summed E-state index contributed by atoms with van der Waals surface area (Å²) in [5.74, 6) is 0.126. The fraction of sp³-hybridized carbons (Fsp3) is 0.167. The highest BCUT2D eigenvalue weighted by Crippen LogP contribution is 2.32. The lowest BCUT2D eigenvalue weighted by molar-refractivity contribution is 0.207. The van der Waals surface area contributed by atoms with Crippen LogP contribution in [-0.2, 0) is 13.6 Å². The third-order valence-corrected chi connectivity index (χ3v) is 5.40. The summed E-state index contributed by atoms with van der Waals surface area (Å²) < 4.78 is 21.1. The first-order valence-corrected chi connectivity index (χ1v) is 9.64.